The first-order chi connectivity index (χ1) is 3.72. The summed E-state index contributed by atoms with van der Waals surface area (Å²) >= 11 is 0. The molecule has 50 valence electrons. The van der Waals surface area contributed by atoms with Crippen LogP contribution in [0.1, 0.15) is 20.3 Å². The van der Waals surface area contributed by atoms with Crippen LogP contribution in [0.3, 0.4) is 0 Å². The number of hydrogen-bond acceptors (Lipinski definition) is 2. The van der Waals surface area contributed by atoms with Crippen LogP contribution in [0.4, 0.5) is 0 Å². The summed E-state index contributed by atoms with van der Waals surface area (Å²) < 4.78 is 0. The maximum Gasteiger partial charge on any atom is 0.0796 e. The second kappa shape index (κ2) is 3.87. The lowest BCUT2D eigenvalue weighted by atomic mass is 10.0. The summed E-state index contributed by atoms with van der Waals surface area (Å²) in [4.78, 5) is 0. The molecule has 0 aromatic rings. The summed E-state index contributed by atoms with van der Waals surface area (Å²) in [6, 6.07) is 0. The highest BCUT2D eigenvalue weighted by Gasteiger charge is 2.08. The van der Waals surface area contributed by atoms with Gasteiger partial charge in [-0.05, 0) is 5.92 Å². The van der Waals surface area contributed by atoms with Crippen molar-refractivity contribution in [2.45, 2.75) is 26.4 Å². The third kappa shape index (κ3) is 2.28. The summed E-state index contributed by atoms with van der Waals surface area (Å²) in [6.07, 6.45) is 0.391. The average molecular weight is 118 g/mol. The predicted octanol–water partition coefficient (Wildman–Crippen LogP) is 0.386. The zero-order valence-corrected chi connectivity index (χ0v) is 5.46. The van der Waals surface area contributed by atoms with Gasteiger partial charge in [-0.15, -0.1) is 0 Å². The highest BCUT2D eigenvalue weighted by molar-refractivity contribution is 4.59. The molecular formula is C6H14O2. The normalized spacial score (nSPS) is 18.0. The van der Waals surface area contributed by atoms with Crippen molar-refractivity contribution in [2.75, 3.05) is 6.61 Å². The van der Waals surface area contributed by atoms with Gasteiger partial charge >= 0.3 is 0 Å². The van der Waals surface area contributed by atoms with Crippen molar-refractivity contribution in [3.8, 4) is 0 Å². The third-order valence-corrected chi connectivity index (χ3v) is 1.49. The fourth-order valence-corrected chi connectivity index (χ4v) is 0.452. The minimum Gasteiger partial charge on any atom is -0.394 e. The molecular weight excluding hydrogens is 104 g/mol. The van der Waals surface area contributed by atoms with Crippen LogP contribution in [-0.2, 0) is 0 Å². The lowest BCUT2D eigenvalue weighted by molar-refractivity contribution is 0.0521. The number of rotatable bonds is 3. The smallest absolute Gasteiger partial charge is 0.0796 e. The van der Waals surface area contributed by atoms with Crippen LogP contribution in [0, 0.1) is 5.92 Å². The fourth-order valence-electron chi connectivity index (χ4n) is 0.452. The second-order valence-electron chi connectivity index (χ2n) is 2.14. The van der Waals surface area contributed by atoms with Crippen molar-refractivity contribution in [2.24, 2.45) is 5.92 Å². The molecule has 0 saturated carbocycles. The number of hydrogen-bond donors (Lipinski definition) is 2. The van der Waals surface area contributed by atoms with Gasteiger partial charge in [0.05, 0.1) is 12.7 Å². The van der Waals surface area contributed by atoms with E-state index in [-0.39, 0.29) is 12.5 Å². The lowest BCUT2D eigenvalue weighted by Gasteiger charge is -2.12. The molecule has 0 aliphatic carbocycles. The maximum absolute atomic E-state index is 8.88. The van der Waals surface area contributed by atoms with Gasteiger partial charge in [-0.1, -0.05) is 20.3 Å². The minimum atomic E-state index is -0.528. The highest BCUT2D eigenvalue weighted by atomic mass is 16.3. The van der Waals surface area contributed by atoms with Crippen LogP contribution in [0.25, 0.3) is 0 Å². The summed E-state index contributed by atoms with van der Waals surface area (Å²) in [5, 5.41) is 17.3. The Kier molecular flexibility index (Phi) is 3.83. The fraction of sp³-hybridized carbons (Fsp3) is 1.00. The Bertz CT molecular complexity index is 46.5. The first kappa shape index (κ1) is 7.92. The summed E-state index contributed by atoms with van der Waals surface area (Å²) in [6.45, 7) is 3.79. The lowest BCUT2D eigenvalue weighted by Crippen LogP contribution is -2.20. The van der Waals surface area contributed by atoms with E-state index >= 15 is 0 Å². The molecule has 0 rings (SSSR count). The maximum atomic E-state index is 8.88. The molecule has 8 heavy (non-hydrogen) atoms. The Morgan fingerprint density at radius 1 is 1.50 bits per heavy atom. The molecule has 0 fully saturated rings. The topological polar surface area (TPSA) is 40.5 Å². The quantitative estimate of drug-likeness (QED) is 0.562. The first-order valence-electron chi connectivity index (χ1n) is 3.01. The van der Waals surface area contributed by atoms with Crippen LogP contribution in [0.15, 0.2) is 0 Å². The molecule has 0 aliphatic heterocycles. The van der Waals surface area contributed by atoms with E-state index in [1.165, 1.54) is 0 Å². The van der Waals surface area contributed by atoms with Crippen LogP contribution in [0.2, 0.25) is 0 Å². The summed E-state index contributed by atoms with van der Waals surface area (Å²) in [7, 11) is 0. The molecule has 0 heterocycles. The SMILES string of the molecule is CC[C@H](C)C(O)CO. The minimum absolute atomic E-state index is 0.116. The molecule has 1 unspecified atom stereocenters. The monoisotopic (exact) mass is 118 g/mol. The average Bonchev–Trinajstić information content (AvgIpc) is 1.84. The van der Waals surface area contributed by atoms with E-state index in [0.717, 1.165) is 6.42 Å². The number of aliphatic hydroxyl groups is 2. The summed E-state index contributed by atoms with van der Waals surface area (Å²) in [5.41, 5.74) is 0. The molecule has 2 nitrogen and oxygen atoms in total. The van der Waals surface area contributed by atoms with E-state index in [1.54, 1.807) is 0 Å². The van der Waals surface area contributed by atoms with Gasteiger partial charge in [0.15, 0.2) is 0 Å². The van der Waals surface area contributed by atoms with Gasteiger partial charge in [0.2, 0.25) is 0 Å². The molecule has 0 saturated heterocycles. The van der Waals surface area contributed by atoms with Gasteiger partial charge in [0.1, 0.15) is 0 Å². The van der Waals surface area contributed by atoms with E-state index in [2.05, 4.69) is 0 Å². The zero-order valence-electron chi connectivity index (χ0n) is 5.46. The predicted molar refractivity (Wildman–Crippen MR) is 32.5 cm³/mol. The Balaban J connectivity index is 3.29. The Morgan fingerprint density at radius 3 is 2.12 bits per heavy atom. The Hall–Kier alpha value is -0.0800. The molecule has 0 aliphatic rings. The van der Waals surface area contributed by atoms with Gasteiger partial charge in [-0.25, -0.2) is 0 Å². The van der Waals surface area contributed by atoms with E-state index in [4.69, 9.17) is 10.2 Å². The van der Waals surface area contributed by atoms with Crippen LogP contribution in [0.5, 0.6) is 0 Å². The first-order valence-corrected chi connectivity index (χ1v) is 3.01. The molecule has 2 atom stereocenters. The van der Waals surface area contributed by atoms with Crippen LogP contribution >= 0.6 is 0 Å². The largest absolute Gasteiger partial charge is 0.394 e. The van der Waals surface area contributed by atoms with Gasteiger partial charge in [-0.2, -0.15) is 0 Å². The standard InChI is InChI=1S/C6H14O2/c1-3-5(2)6(8)4-7/h5-8H,3-4H2,1-2H3/t5-,6?/m0/s1. The van der Waals surface area contributed by atoms with Crippen molar-refractivity contribution < 1.29 is 10.2 Å². The van der Waals surface area contributed by atoms with Crippen molar-refractivity contribution in [3.05, 3.63) is 0 Å². The molecule has 0 radical (unpaired) electrons. The van der Waals surface area contributed by atoms with E-state index < -0.39 is 6.10 Å². The highest BCUT2D eigenvalue weighted by Crippen LogP contribution is 2.05. The van der Waals surface area contributed by atoms with Gasteiger partial charge in [0.25, 0.3) is 0 Å². The molecule has 0 aromatic carbocycles. The van der Waals surface area contributed by atoms with Crippen molar-refractivity contribution in [1.82, 2.24) is 0 Å². The van der Waals surface area contributed by atoms with Gasteiger partial charge in [0, 0.05) is 0 Å². The molecule has 0 spiro atoms. The van der Waals surface area contributed by atoms with E-state index in [0.29, 0.717) is 0 Å². The third-order valence-electron chi connectivity index (χ3n) is 1.49. The van der Waals surface area contributed by atoms with Gasteiger partial charge < -0.3 is 10.2 Å². The molecule has 2 heteroatoms. The molecule has 0 amide bonds. The molecule has 0 bridgehead atoms. The van der Waals surface area contributed by atoms with E-state index in [1.807, 2.05) is 13.8 Å². The summed E-state index contributed by atoms with van der Waals surface area (Å²) in [5.74, 6) is 0.222. The Morgan fingerprint density at radius 2 is 2.00 bits per heavy atom. The second-order valence-corrected chi connectivity index (χ2v) is 2.14. The van der Waals surface area contributed by atoms with Crippen LogP contribution in [-0.4, -0.2) is 22.9 Å². The van der Waals surface area contributed by atoms with Crippen molar-refractivity contribution >= 4 is 0 Å². The molecule has 2 N–H and O–H groups in total. The van der Waals surface area contributed by atoms with Crippen LogP contribution < -0.4 is 0 Å². The van der Waals surface area contributed by atoms with Crippen molar-refractivity contribution in [1.29, 1.82) is 0 Å². The van der Waals surface area contributed by atoms with E-state index in [9.17, 15) is 0 Å². The molecule has 0 aromatic heterocycles. The number of aliphatic hydroxyl groups excluding tert-OH is 2. The zero-order chi connectivity index (χ0) is 6.57. The van der Waals surface area contributed by atoms with Gasteiger partial charge in [-0.3, -0.25) is 0 Å². The van der Waals surface area contributed by atoms with Crippen molar-refractivity contribution in [3.63, 3.8) is 0 Å². The Labute approximate surface area is 50.2 Å².